The molecule has 0 radical (unpaired) electrons. The molecular weight excluding hydrogens is 324 g/mol. The summed E-state index contributed by atoms with van der Waals surface area (Å²) in [5, 5.41) is 32.1. The van der Waals surface area contributed by atoms with Gasteiger partial charge in [-0.25, -0.2) is 4.79 Å². The molecule has 9 N–H and O–H groups in total. The van der Waals surface area contributed by atoms with Crippen molar-refractivity contribution in [3.05, 3.63) is 0 Å². The van der Waals surface area contributed by atoms with E-state index < -0.39 is 54.0 Å². The zero-order chi connectivity index (χ0) is 19.0. The van der Waals surface area contributed by atoms with E-state index in [0.29, 0.717) is 0 Å². The zero-order valence-electron chi connectivity index (χ0n) is 13.4. The molecule has 11 heteroatoms. The molecule has 0 saturated carbocycles. The minimum Gasteiger partial charge on any atom is -0.480 e. The molecule has 0 rings (SSSR count). The van der Waals surface area contributed by atoms with Gasteiger partial charge >= 0.3 is 5.97 Å². The van der Waals surface area contributed by atoms with E-state index in [1.54, 1.807) is 0 Å². The molecular formula is C13H24N4O7. The number of nitrogens with two attached hydrogens (primary N) is 2. The topological polar surface area (TPSA) is 205 Å². The third-order valence-electron chi connectivity index (χ3n) is 3.18. The second-order valence-electron chi connectivity index (χ2n) is 5.40. The Morgan fingerprint density at radius 3 is 1.92 bits per heavy atom. The molecule has 138 valence electrons. The first-order chi connectivity index (χ1) is 11.0. The van der Waals surface area contributed by atoms with Crippen LogP contribution in [0.4, 0.5) is 0 Å². The number of carbonyl (C=O) groups is 4. The predicted molar refractivity (Wildman–Crippen MR) is 81.3 cm³/mol. The number of aliphatic carboxylic acids is 1. The summed E-state index contributed by atoms with van der Waals surface area (Å²) < 4.78 is 0. The van der Waals surface area contributed by atoms with E-state index in [0.717, 1.165) is 0 Å². The molecule has 0 aliphatic carbocycles. The van der Waals surface area contributed by atoms with Crippen molar-refractivity contribution in [2.75, 3.05) is 0 Å². The van der Waals surface area contributed by atoms with Crippen LogP contribution < -0.4 is 22.1 Å². The van der Waals surface area contributed by atoms with Gasteiger partial charge in [0.2, 0.25) is 17.7 Å². The van der Waals surface area contributed by atoms with E-state index in [1.807, 2.05) is 0 Å². The Labute approximate surface area is 138 Å². The summed E-state index contributed by atoms with van der Waals surface area (Å²) in [5.41, 5.74) is 10.3. The van der Waals surface area contributed by atoms with Crippen LogP contribution in [0.2, 0.25) is 0 Å². The number of hydrogen-bond acceptors (Lipinski definition) is 7. The molecule has 0 aliphatic rings. The van der Waals surface area contributed by atoms with Crippen molar-refractivity contribution < 1.29 is 34.5 Å². The first kappa shape index (κ1) is 21.8. The average Bonchev–Trinajstić information content (AvgIpc) is 2.46. The molecule has 0 fully saturated rings. The quantitative estimate of drug-likeness (QED) is 0.209. The maximum atomic E-state index is 12.1. The van der Waals surface area contributed by atoms with E-state index >= 15 is 0 Å². The Bertz CT molecular complexity index is 481. The molecule has 0 aliphatic heterocycles. The summed E-state index contributed by atoms with van der Waals surface area (Å²) in [6, 6.07) is -4.24. The summed E-state index contributed by atoms with van der Waals surface area (Å²) in [6.07, 6.45) is -3.06. The molecule has 0 aromatic rings. The van der Waals surface area contributed by atoms with Crippen LogP contribution >= 0.6 is 0 Å². The van der Waals surface area contributed by atoms with Gasteiger partial charge in [-0.2, -0.15) is 0 Å². The smallest absolute Gasteiger partial charge is 0.326 e. The van der Waals surface area contributed by atoms with Gasteiger partial charge < -0.3 is 37.4 Å². The van der Waals surface area contributed by atoms with Gasteiger partial charge in [0.15, 0.2) is 0 Å². The Kier molecular flexibility index (Phi) is 8.89. The lowest BCUT2D eigenvalue weighted by Crippen LogP contribution is -2.59. The fourth-order valence-electron chi connectivity index (χ4n) is 1.68. The minimum absolute atomic E-state index is 0.246. The number of nitrogens with one attached hydrogen (secondary N) is 2. The Morgan fingerprint density at radius 1 is 1.00 bits per heavy atom. The summed E-state index contributed by atoms with van der Waals surface area (Å²) in [6.45, 7) is 2.48. The van der Waals surface area contributed by atoms with Gasteiger partial charge in [-0.05, 0) is 20.3 Å². The van der Waals surface area contributed by atoms with Gasteiger partial charge in [-0.1, -0.05) is 0 Å². The van der Waals surface area contributed by atoms with Crippen LogP contribution in [0.15, 0.2) is 0 Å². The van der Waals surface area contributed by atoms with Crippen molar-refractivity contribution in [1.82, 2.24) is 10.6 Å². The van der Waals surface area contributed by atoms with E-state index in [2.05, 4.69) is 10.6 Å². The normalized spacial score (nSPS) is 17.0. The average molecular weight is 348 g/mol. The Hall–Kier alpha value is -2.24. The van der Waals surface area contributed by atoms with Crippen LogP contribution in [0, 0.1) is 0 Å². The Morgan fingerprint density at radius 2 is 1.54 bits per heavy atom. The van der Waals surface area contributed by atoms with E-state index in [1.165, 1.54) is 13.8 Å². The second-order valence-corrected chi connectivity index (χ2v) is 5.40. The van der Waals surface area contributed by atoms with Crippen LogP contribution in [0.5, 0.6) is 0 Å². The number of carboxylic acid groups (broad SMARTS) is 1. The minimum atomic E-state index is -1.49. The number of hydrogen-bond donors (Lipinski definition) is 7. The van der Waals surface area contributed by atoms with Crippen LogP contribution in [-0.4, -0.2) is 69.3 Å². The predicted octanol–water partition coefficient (Wildman–Crippen LogP) is -3.60. The number of primary amides is 1. The van der Waals surface area contributed by atoms with Crippen molar-refractivity contribution in [2.24, 2.45) is 11.5 Å². The van der Waals surface area contributed by atoms with Crippen LogP contribution in [-0.2, 0) is 19.2 Å². The Balaban J connectivity index is 4.97. The number of rotatable bonds is 10. The lowest BCUT2D eigenvalue weighted by Gasteiger charge is -2.25. The standard InChI is InChI=1S/C13H24N4O7/c1-5(18)9(15)11(21)17-10(6(2)19)12(22)16-7(13(23)24)3-4-8(14)20/h5-7,9-10,18-19H,3-4,15H2,1-2H3,(H2,14,20)(H,16,22)(H,17,21)(H,23,24)/t5-,6-,7+,9+,10+/m1/s1. The highest BCUT2D eigenvalue weighted by Crippen LogP contribution is 2.01. The van der Waals surface area contributed by atoms with Crippen LogP contribution in [0.1, 0.15) is 26.7 Å². The summed E-state index contributed by atoms with van der Waals surface area (Å²) in [5.74, 6) is -4.01. The van der Waals surface area contributed by atoms with Crippen molar-refractivity contribution in [1.29, 1.82) is 0 Å². The highest BCUT2D eigenvalue weighted by molar-refractivity contribution is 5.92. The molecule has 24 heavy (non-hydrogen) atoms. The fraction of sp³-hybridized carbons (Fsp3) is 0.692. The second kappa shape index (κ2) is 9.80. The summed E-state index contributed by atoms with van der Waals surface area (Å²) in [7, 11) is 0. The molecule has 0 aromatic heterocycles. The van der Waals surface area contributed by atoms with Crippen molar-refractivity contribution >= 4 is 23.7 Å². The van der Waals surface area contributed by atoms with Gasteiger partial charge in [-0.3, -0.25) is 14.4 Å². The van der Waals surface area contributed by atoms with Gasteiger partial charge in [0.05, 0.1) is 12.2 Å². The maximum absolute atomic E-state index is 12.1. The first-order valence-electron chi connectivity index (χ1n) is 7.21. The van der Waals surface area contributed by atoms with Crippen LogP contribution in [0.25, 0.3) is 0 Å². The van der Waals surface area contributed by atoms with Crippen molar-refractivity contribution in [3.63, 3.8) is 0 Å². The molecule has 5 atom stereocenters. The molecule has 0 bridgehead atoms. The maximum Gasteiger partial charge on any atom is 0.326 e. The van der Waals surface area contributed by atoms with E-state index in [9.17, 15) is 29.4 Å². The first-order valence-corrected chi connectivity index (χ1v) is 7.21. The van der Waals surface area contributed by atoms with E-state index in [4.69, 9.17) is 16.6 Å². The molecule has 3 amide bonds. The monoisotopic (exact) mass is 348 g/mol. The highest BCUT2D eigenvalue weighted by Gasteiger charge is 2.31. The largest absolute Gasteiger partial charge is 0.480 e. The number of carbonyl (C=O) groups excluding carboxylic acids is 3. The zero-order valence-corrected chi connectivity index (χ0v) is 13.4. The van der Waals surface area contributed by atoms with Crippen molar-refractivity contribution in [3.8, 4) is 0 Å². The van der Waals surface area contributed by atoms with E-state index in [-0.39, 0.29) is 12.8 Å². The third-order valence-corrected chi connectivity index (χ3v) is 3.18. The lowest BCUT2D eigenvalue weighted by atomic mass is 10.1. The number of amides is 3. The van der Waals surface area contributed by atoms with Gasteiger partial charge in [-0.15, -0.1) is 0 Å². The molecule has 0 unspecified atom stereocenters. The molecule has 0 aromatic carbocycles. The molecule has 11 nitrogen and oxygen atoms in total. The van der Waals surface area contributed by atoms with Crippen LogP contribution in [0.3, 0.4) is 0 Å². The number of aliphatic hydroxyl groups excluding tert-OH is 2. The fourth-order valence-corrected chi connectivity index (χ4v) is 1.68. The summed E-state index contributed by atoms with van der Waals surface area (Å²) >= 11 is 0. The van der Waals surface area contributed by atoms with Gasteiger partial charge in [0, 0.05) is 6.42 Å². The van der Waals surface area contributed by atoms with Gasteiger partial charge in [0.25, 0.3) is 0 Å². The molecule has 0 saturated heterocycles. The highest BCUT2D eigenvalue weighted by atomic mass is 16.4. The van der Waals surface area contributed by atoms with Crippen molar-refractivity contribution in [2.45, 2.75) is 57.0 Å². The number of aliphatic hydroxyl groups is 2. The third kappa shape index (κ3) is 7.35. The molecule has 0 spiro atoms. The SMILES string of the molecule is C[C@@H](O)[C@H](N)C(=O)N[C@H](C(=O)N[C@@H](CCC(N)=O)C(=O)O)[C@@H](C)O. The van der Waals surface area contributed by atoms with Gasteiger partial charge in [0.1, 0.15) is 18.1 Å². The number of carboxylic acids is 1. The lowest BCUT2D eigenvalue weighted by molar-refractivity contribution is -0.143. The summed E-state index contributed by atoms with van der Waals surface area (Å²) in [4.78, 5) is 45.7. The molecule has 0 heterocycles.